The number of rotatable bonds is 5. The highest BCUT2D eigenvalue weighted by molar-refractivity contribution is 5.80. The monoisotopic (exact) mass is 329 g/mol. The van der Waals surface area contributed by atoms with Crippen LogP contribution in [0.3, 0.4) is 0 Å². The number of carbonyl (C=O) groups is 1. The molecule has 124 valence electrons. The lowest BCUT2D eigenvalue weighted by Crippen LogP contribution is -2.08. The van der Waals surface area contributed by atoms with Gasteiger partial charge in [-0.3, -0.25) is 9.78 Å². The van der Waals surface area contributed by atoms with E-state index in [1.165, 1.54) is 6.92 Å². The number of hydrogen-bond acceptors (Lipinski definition) is 3. The van der Waals surface area contributed by atoms with Crippen molar-refractivity contribution >= 4 is 11.5 Å². The topological polar surface area (TPSA) is 39.2 Å². The summed E-state index contributed by atoms with van der Waals surface area (Å²) in [5.41, 5.74) is 3.81. The summed E-state index contributed by atoms with van der Waals surface area (Å²) in [5.74, 6) is -0.340. The van der Waals surface area contributed by atoms with Crippen LogP contribution in [-0.4, -0.2) is 11.0 Å². The molecule has 1 atom stereocenters. The van der Waals surface area contributed by atoms with Gasteiger partial charge < -0.3 is 4.74 Å². The third-order valence-corrected chi connectivity index (χ3v) is 3.76. The first-order valence-electron chi connectivity index (χ1n) is 8.15. The van der Waals surface area contributed by atoms with Crippen molar-refractivity contribution in [1.29, 1.82) is 0 Å². The Morgan fingerprint density at radius 1 is 0.880 bits per heavy atom. The zero-order valence-corrected chi connectivity index (χ0v) is 14.0. The van der Waals surface area contributed by atoms with Crippen molar-refractivity contribution in [2.24, 2.45) is 0 Å². The minimum Gasteiger partial charge on any atom is -0.452 e. The van der Waals surface area contributed by atoms with E-state index in [0.717, 1.165) is 16.7 Å². The van der Waals surface area contributed by atoms with Crippen LogP contribution in [0.5, 0.6) is 0 Å². The fraction of sp³-hybridized carbons (Fsp3) is 0.0909. The van der Waals surface area contributed by atoms with Gasteiger partial charge in [0.05, 0.1) is 5.69 Å². The quantitative estimate of drug-likeness (QED) is 0.630. The second-order valence-electron chi connectivity index (χ2n) is 5.60. The summed E-state index contributed by atoms with van der Waals surface area (Å²) in [5, 5.41) is 0. The molecule has 3 nitrogen and oxygen atoms in total. The Morgan fingerprint density at radius 2 is 1.44 bits per heavy atom. The van der Waals surface area contributed by atoms with Crippen LogP contribution in [0.1, 0.15) is 29.8 Å². The van der Waals surface area contributed by atoms with Gasteiger partial charge in [0.15, 0.2) is 6.10 Å². The first-order chi connectivity index (χ1) is 12.2. The minimum atomic E-state index is -0.547. The number of esters is 1. The lowest BCUT2D eigenvalue weighted by atomic mass is 9.96. The normalized spacial score (nSPS) is 11.4. The molecule has 3 heteroatoms. The van der Waals surface area contributed by atoms with Crippen LogP contribution >= 0.6 is 0 Å². The maximum absolute atomic E-state index is 11.6. The molecule has 1 heterocycles. The van der Waals surface area contributed by atoms with Crippen LogP contribution in [0.25, 0.3) is 5.57 Å². The lowest BCUT2D eigenvalue weighted by molar-refractivity contribution is -0.144. The Labute approximate surface area is 147 Å². The van der Waals surface area contributed by atoms with E-state index in [9.17, 15) is 4.79 Å². The summed E-state index contributed by atoms with van der Waals surface area (Å²) in [6.45, 7) is 1.41. The average molecular weight is 329 g/mol. The molecule has 3 rings (SSSR count). The summed E-state index contributed by atoms with van der Waals surface area (Å²) in [7, 11) is 0. The molecule has 0 saturated carbocycles. The molecule has 2 aromatic carbocycles. The molecule has 3 aromatic rings. The Kier molecular flexibility index (Phi) is 5.37. The van der Waals surface area contributed by atoms with Crippen molar-refractivity contribution in [3.63, 3.8) is 0 Å². The van der Waals surface area contributed by atoms with Crippen molar-refractivity contribution < 1.29 is 9.53 Å². The number of nitrogens with zero attached hydrogens (tertiary/aromatic N) is 1. The van der Waals surface area contributed by atoms with Crippen LogP contribution in [0.15, 0.2) is 91.1 Å². The summed E-state index contributed by atoms with van der Waals surface area (Å²) < 4.78 is 5.53. The van der Waals surface area contributed by atoms with E-state index in [2.05, 4.69) is 4.98 Å². The second kappa shape index (κ2) is 8.06. The van der Waals surface area contributed by atoms with Crippen molar-refractivity contribution in [3.05, 3.63) is 108 Å². The number of aromatic nitrogens is 1. The molecular formula is C22H19NO2. The van der Waals surface area contributed by atoms with Crippen LogP contribution in [0, 0.1) is 0 Å². The molecule has 0 amide bonds. The summed E-state index contributed by atoms with van der Waals surface area (Å²) in [6, 6.07) is 25.7. The predicted octanol–water partition coefficient (Wildman–Crippen LogP) is 4.82. The maximum Gasteiger partial charge on any atom is 0.303 e. The van der Waals surface area contributed by atoms with Gasteiger partial charge in [0, 0.05) is 13.1 Å². The van der Waals surface area contributed by atoms with Gasteiger partial charge in [-0.25, -0.2) is 0 Å². The standard InChI is InChI=1S/C22H19NO2/c1-17(24)25-22(21-14-8-9-15-23-21)16-20(18-10-4-2-5-11-18)19-12-6-3-7-13-19/h2-16,22H,1H3. The van der Waals surface area contributed by atoms with Crippen LogP contribution < -0.4 is 0 Å². The lowest BCUT2D eigenvalue weighted by Gasteiger charge is -2.16. The molecule has 0 saturated heterocycles. The first kappa shape index (κ1) is 16.7. The third-order valence-electron chi connectivity index (χ3n) is 3.76. The van der Waals surface area contributed by atoms with E-state index in [4.69, 9.17) is 4.74 Å². The van der Waals surface area contributed by atoms with Gasteiger partial charge >= 0.3 is 5.97 Å². The fourth-order valence-corrected chi connectivity index (χ4v) is 2.65. The van der Waals surface area contributed by atoms with Crippen LogP contribution in [-0.2, 0) is 9.53 Å². The van der Waals surface area contributed by atoms with Gasteiger partial charge in [-0.1, -0.05) is 66.7 Å². The number of ether oxygens (including phenoxy) is 1. The zero-order valence-electron chi connectivity index (χ0n) is 14.0. The average Bonchev–Trinajstić information content (AvgIpc) is 2.67. The zero-order chi connectivity index (χ0) is 17.5. The molecule has 0 spiro atoms. The molecule has 0 fully saturated rings. The molecule has 25 heavy (non-hydrogen) atoms. The number of hydrogen-bond donors (Lipinski definition) is 0. The van der Waals surface area contributed by atoms with E-state index in [1.54, 1.807) is 6.20 Å². The molecule has 0 radical (unpaired) electrons. The SMILES string of the molecule is CC(=O)OC(C=C(c1ccccc1)c1ccccc1)c1ccccn1. The molecule has 0 aliphatic rings. The molecule has 0 bridgehead atoms. The number of pyridine rings is 1. The van der Waals surface area contributed by atoms with Gasteiger partial charge in [0.1, 0.15) is 0 Å². The van der Waals surface area contributed by atoms with Crippen molar-refractivity contribution in [2.75, 3.05) is 0 Å². The Morgan fingerprint density at radius 3 is 1.92 bits per heavy atom. The highest BCUT2D eigenvalue weighted by atomic mass is 16.5. The number of benzene rings is 2. The number of carbonyl (C=O) groups excluding carboxylic acids is 1. The van der Waals surface area contributed by atoms with Crippen LogP contribution in [0.2, 0.25) is 0 Å². The highest BCUT2D eigenvalue weighted by Gasteiger charge is 2.16. The van der Waals surface area contributed by atoms with Gasteiger partial charge in [-0.05, 0) is 34.9 Å². The van der Waals surface area contributed by atoms with E-state index in [1.807, 2.05) is 84.9 Å². The Balaban J connectivity index is 2.10. The van der Waals surface area contributed by atoms with E-state index < -0.39 is 6.10 Å². The highest BCUT2D eigenvalue weighted by Crippen LogP contribution is 2.28. The Hall–Kier alpha value is -3.20. The fourth-order valence-electron chi connectivity index (χ4n) is 2.65. The molecular weight excluding hydrogens is 310 g/mol. The van der Waals surface area contributed by atoms with Gasteiger partial charge in [0.2, 0.25) is 0 Å². The first-order valence-corrected chi connectivity index (χ1v) is 8.15. The van der Waals surface area contributed by atoms with E-state index in [0.29, 0.717) is 5.69 Å². The molecule has 1 unspecified atom stereocenters. The molecule has 0 N–H and O–H groups in total. The summed E-state index contributed by atoms with van der Waals surface area (Å²) >= 11 is 0. The maximum atomic E-state index is 11.6. The van der Waals surface area contributed by atoms with Crippen molar-refractivity contribution in [3.8, 4) is 0 Å². The van der Waals surface area contributed by atoms with Gasteiger partial charge in [-0.15, -0.1) is 0 Å². The predicted molar refractivity (Wildman–Crippen MR) is 98.7 cm³/mol. The van der Waals surface area contributed by atoms with E-state index >= 15 is 0 Å². The van der Waals surface area contributed by atoms with Crippen molar-refractivity contribution in [2.45, 2.75) is 13.0 Å². The van der Waals surface area contributed by atoms with Gasteiger partial charge in [-0.2, -0.15) is 0 Å². The third kappa shape index (κ3) is 4.42. The minimum absolute atomic E-state index is 0.340. The Bertz CT molecular complexity index is 801. The molecule has 0 aliphatic carbocycles. The summed E-state index contributed by atoms with van der Waals surface area (Å²) in [6.07, 6.45) is 3.10. The molecule has 1 aromatic heterocycles. The van der Waals surface area contributed by atoms with Crippen molar-refractivity contribution in [1.82, 2.24) is 4.98 Å². The summed E-state index contributed by atoms with van der Waals surface area (Å²) in [4.78, 5) is 16.0. The second-order valence-corrected chi connectivity index (χ2v) is 5.60. The van der Waals surface area contributed by atoms with Crippen LogP contribution in [0.4, 0.5) is 0 Å². The van der Waals surface area contributed by atoms with E-state index in [-0.39, 0.29) is 5.97 Å². The van der Waals surface area contributed by atoms with Gasteiger partial charge in [0.25, 0.3) is 0 Å². The smallest absolute Gasteiger partial charge is 0.303 e. The largest absolute Gasteiger partial charge is 0.452 e. The molecule has 0 aliphatic heterocycles.